The number of hydrogen-bond donors (Lipinski definition) is 0. The highest BCUT2D eigenvalue weighted by Crippen LogP contribution is 2.41. The molecule has 0 unspecified atom stereocenters. The normalized spacial score (nSPS) is 11.2. The van der Waals surface area contributed by atoms with Gasteiger partial charge < -0.3 is 0 Å². The maximum absolute atomic E-state index is 5.26. The molecule has 8 aromatic carbocycles. The molecule has 0 saturated heterocycles. The summed E-state index contributed by atoms with van der Waals surface area (Å²) in [7, 11) is 0. The van der Waals surface area contributed by atoms with Crippen LogP contribution in [0.1, 0.15) is 5.69 Å². The lowest BCUT2D eigenvalue weighted by molar-refractivity contribution is 1.07. The van der Waals surface area contributed by atoms with E-state index in [-0.39, 0.29) is 0 Å². The van der Waals surface area contributed by atoms with E-state index < -0.39 is 0 Å². The second-order valence-corrected chi connectivity index (χ2v) is 16.0. The number of rotatable bonds is 9. The summed E-state index contributed by atoms with van der Waals surface area (Å²) in [6.07, 6.45) is 0. The smallest absolute Gasteiger partial charge is 0.164 e. The van der Waals surface area contributed by atoms with Crippen molar-refractivity contribution in [2.75, 3.05) is 0 Å². The molecular formula is C59H40N6. The molecule has 11 aromatic rings. The fraction of sp³-hybridized carbons (Fsp3) is 0.0169. The van der Waals surface area contributed by atoms with Crippen LogP contribution in [0.5, 0.6) is 0 Å². The summed E-state index contributed by atoms with van der Waals surface area (Å²) in [5.41, 5.74) is 14.5. The van der Waals surface area contributed by atoms with Gasteiger partial charge in [-0.15, -0.1) is 0 Å². The predicted molar refractivity (Wildman–Crippen MR) is 264 cm³/mol. The van der Waals surface area contributed by atoms with Crippen LogP contribution in [-0.2, 0) is 0 Å². The molecule has 11 rings (SSSR count). The minimum atomic E-state index is 0.604. The Labute approximate surface area is 377 Å². The first-order valence-electron chi connectivity index (χ1n) is 21.7. The summed E-state index contributed by atoms with van der Waals surface area (Å²) in [6, 6.07) is 77.2. The quantitative estimate of drug-likeness (QED) is 0.144. The SMILES string of the molecule is Cc1cccc(-c2ccc(-c3ccc(-c4nc(-c5ccccc5)nc(-c5ccc6ccccc6c5)n4)cc3)c(-c3ccccc3-c3cc(-c4ccccc4)nc(-c4ccccc4)n3)c2)n1. The number of aryl methyl sites for hydroxylation is 1. The van der Waals surface area contributed by atoms with Crippen molar-refractivity contribution in [2.45, 2.75) is 6.92 Å². The summed E-state index contributed by atoms with van der Waals surface area (Å²) >= 11 is 0. The lowest BCUT2D eigenvalue weighted by Crippen LogP contribution is -2.00. The average molecular weight is 833 g/mol. The summed E-state index contributed by atoms with van der Waals surface area (Å²) in [6.45, 7) is 2.03. The fourth-order valence-corrected chi connectivity index (χ4v) is 8.36. The molecule has 3 aromatic heterocycles. The van der Waals surface area contributed by atoms with Gasteiger partial charge in [-0.25, -0.2) is 24.9 Å². The molecule has 6 nitrogen and oxygen atoms in total. The van der Waals surface area contributed by atoms with Crippen molar-refractivity contribution in [3.05, 3.63) is 230 Å². The number of hydrogen-bond acceptors (Lipinski definition) is 6. The molecule has 0 aliphatic carbocycles. The first kappa shape index (κ1) is 39.1. The van der Waals surface area contributed by atoms with E-state index in [1.54, 1.807) is 0 Å². The largest absolute Gasteiger partial charge is 0.253 e. The molecule has 0 radical (unpaired) electrons. The van der Waals surface area contributed by atoms with Gasteiger partial charge in [-0.05, 0) is 70.3 Å². The fourth-order valence-electron chi connectivity index (χ4n) is 8.36. The van der Waals surface area contributed by atoms with Crippen LogP contribution in [0, 0.1) is 6.92 Å². The number of benzene rings is 8. The van der Waals surface area contributed by atoms with Crippen LogP contribution in [0.2, 0.25) is 0 Å². The molecule has 0 aliphatic heterocycles. The molecule has 0 N–H and O–H groups in total. The highest BCUT2D eigenvalue weighted by Gasteiger charge is 2.19. The van der Waals surface area contributed by atoms with Gasteiger partial charge >= 0.3 is 0 Å². The molecule has 6 heteroatoms. The van der Waals surface area contributed by atoms with Crippen LogP contribution in [0.15, 0.2) is 224 Å². The molecule has 0 aliphatic rings. The van der Waals surface area contributed by atoms with Gasteiger partial charge in [0.05, 0.1) is 17.1 Å². The van der Waals surface area contributed by atoms with E-state index in [0.717, 1.165) is 89.4 Å². The average Bonchev–Trinajstić information content (AvgIpc) is 3.39. The van der Waals surface area contributed by atoms with Crippen molar-refractivity contribution in [3.63, 3.8) is 0 Å². The molecule has 0 spiro atoms. The maximum atomic E-state index is 5.26. The third-order valence-electron chi connectivity index (χ3n) is 11.7. The van der Waals surface area contributed by atoms with Crippen molar-refractivity contribution in [3.8, 4) is 102 Å². The molecule has 65 heavy (non-hydrogen) atoms. The van der Waals surface area contributed by atoms with Gasteiger partial charge in [0.1, 0.15) is 0 Å². The first-order chi connectivity index (χ1) is 32.1. The molecule has 0 bridgehead atoms. The Bertz CT molecular complexity index is 3420. The standard InChI is InChI=1S/C59H40N6/c1-39-16-15-27-53(60-39)47-34-35-49(52(37-47)50-25-13-14-26-51(50)55-38-54(42-18-5-2-6-19-42)61-56(62-55)43-20-7-3-8-21-43)41-29-31-45(32-30-41)58-63-57(44-22-9-4-10-23-44)64-59(65-58)48-33-28-40-17-11-12-24-46(40)36-48/h2-38H,1H3. The minimum absolute atomic E-state index is 0.604. The van der Waals surface area contributed by atoms with Crippen molar-refractivity contribution < 1.29 is 0 Å². The van der Waals surface area contributed by atoms with E-state index in [1.165, 1.54) is 5.39 Å². The Morgan fingerprint density at radius 3 is 1.42 bits per heavy atom. The Morgan fingerprint density at radius 1 is 0.231 bits per heavy atom. The monoisotopic (exact) mass is 832 g/mol. The minimum Gasteiger partial charge on any atom is -0.253 e. The molecule has 0 saturated carbocycles. The number of fused-ring (bicyclic) bond motifs is 1. The zero-order valence-electron chi connectivity index (χ0n) is 35.5. The van der Waals surface area contributed by atoms with E-state index in [4.69, 9.17) is 29.9 Å². The lowest BCUT2D eigenvalue weighted by atomic mass is 9.88. The Kier molecular flexibility index (Phi) is 10.4. The van der Waals surface area contributed by atoms with Gasteiger partial charge in [0, 0.05) is 44.6 Å². The Hall–Kier alpha value is -8.74. The zero-order chi connectivity index (χ0) is 43.5. The van der Waals surface area contributed by atoms with Gasteiger partial charge in [0.25, 0.3) is 0 Å². The van der Waals surface area contributed by atoms with Gasteiger partial charge in [0.2, 0.25) is 0 Å². The summed E-state index contributed by atoms with van der Waals surface area (Å²) in [5.74, 6) is 2.52. The van der Waals surface area contributed by atoms with Crippen molar-refractivity contribution in [2.24, 2.45) is 0 Å². The molecular weight excluding hydrogens is 793 g/mol. The molecule has 3 heterocycles. The lowest BCUT2D eigenvalue weighted by Gasteiger charge is -2.17. The zero-order valence-corrected chi connectivity index (χ0v) is 35.5. The topological polar surface area (TPSA) is 77.3 Å². The third-order valence-corrected chi connectivity index (χ3v) is 11.7. The van der Waals surface area contributed by atoms with Crippen LogP contribution >= 0.6 is 0 Å². The third kappa shape index (κ3) is 8.08. The van der Waals surface area contributed by atoms with Crippen LogP contribution in [0.3, 0.4) is 0 Å². The van der Waals surface area contributed by atoms with Gasteiger partial charge in [-0.3, -0.25) is 4.98 Å². The second kappa shape index (κ2) is 17.2. The van der Waals surface area contributed by atoms with Gasteiger partial charge in [-0.2, -0.15) is 0 Å². The van der Waals surface area contributed by atoms with E-state index in [1.807, 2.05) is 79.7 Å². The number of pyridine rings is 1. The molecule has 0 amide bonds. The van der Waals surface area contributed by atoms with E-state index in [2.05, 4.69) is 152 Å². The number of nitrogens with zero attached hydrogens (tertiary/aromatic N) is 6. The second-order valence-electron chi connectivity index (χ2n) is 16.0. The van der Waals surface area contributed by atoms with Gasteiger partial charge in [0.15, 0.2) is 23.3 Å². The van der Waals surface area contributed by atoms with Gasteiger partial charge in [-0.1, -0.05) is 194 Å². The molecule has 0 atom stereocenters. The van der Waals surface area contributed by atoms with Crippen molar-refractivity contribution >= 4 is 10.8 Å². The van der Waals surface area contributed by atoms with E-state index >= 15 is 0 Å². The van der Waals surface area contributed by atoms with Crippen LogP contribution < -0.4 is 0 Å². The van der Waals surface area contributed by atoms with Crippen molar-refractivity contribution in [1.82, 2.24) is 29.9 Å². The molecule has 0 fully saturated rings. The highest BCUT2D eigenvalue weighted by molar-refractivity contribution is 5.94. The first-order valence-corrected chi connectivity index (χ1v) is 21.7. The predicted octanol–water partition coefficient (Wildman–Crippen LogP) is 14.5. The molecule has 306 valence electrons. The summed E-state index contributed by atoms with van der Waals surface area (Å²) < 4.78 is 0. The van der Waals surface area contributed by atoms with Crippen molar-refractivity contribution in [1.29, 1.82) is 0 Å². The Morgan fingerprint density at radius 2 is 0.738 bits per heavy atom. The van der Waals surface area contributed by atoms with Crippen LogP contribution in [0.25, 0.3) is 112 Å². The van der Waals surface area contributed by atoms with E-state index in [9.17, 15) is 0 Å². The van der Waals surface area contributed by atoms with Crippen LogP contribution in [-0.4, -0.2) is 29.9 Å². The summed E-state index contributed by atoms with van der Waals surface area (Å²) in [4.78, 5) is 30.4. The highest BCUT2D eigenvalue weighted by atomic mass is 15.0. The Balaban J connectivity index is 1.05. The maximum Gasteiger partial charge on any atom is 0.164 e. The van der Waals surface area contributed by atoms with Crippen LogP contribution in [0.4, 0.5) is 0 Å². The van der Waals surface area contributed by atoms with E-state index in [0.29, 0.717) is 23.3 Å². The number of aromatic nitrogens is 6. The summed E-state index contributed by atoms with van der Waals surface area (Å²) in [5, 5.41) is 2.30.